The number of methoxy groups -OCH3 is 1. The number of nitrogens with one attached hydrogen (secondary N) is 1. The second-order valence-electron chi connectivity index (χ2n) is 4.95. The number of hydrogen-bond acceptors (Lipinski definition) is 5. The molecule has 0 aliphatic carbocycles. The first-order chi connectivity index (χ1) is 10.7. The predicted octanol–water partition coefficient (Wildman–Crippen LogP) is 3.67. The van der Waals surface area contributed by atoms with Gasteiger partial charge in [-0.05, 0) is 43.3 Å². The summed E-state index contributed by atoms with van der Waals surface area (Å²) in [6.07, 6.45) is 0. The molecule has 2 aromatic carbocycles. The van der Waals surface area contributed by atoms with Crippen LogP contribution in [0.25, 0.3) is 11.5 Å². The Labute approximate surface area is 129 Å². The van der Waals surface area contributed by atoms with Gasteiger partial charge in [-0.3, -0.25) is 0 Å². The smallest absolute Gasteiger partial charge is 0.247 e. The van der Waals surface area contributed by atoms with Crippen molar-refractivity contribution < 1.29 is 9.15 Å². The van der Waals surface area contributed by atoms with Crippen molar-refractivity contribution in [2.45, 2.75) is 13.5 Å². The Hall–Kier alpha value is -2.82. The van der Waals surface area contributed by atoms with Crippen LogP contribution in [0.3, 0.4) is 0 Å². The van der Waals surface area contributed by atoms with Crippen LogP contribution in [-0.4, -0.2) is 17.3 Å². The lowest BCUT2D eigenvalue weighted by Gasteiger charge is -2.04. The molecular weight excluding hydrogens is 278 g/mol. The molecule has 3 rings (SSSR count). The van der Waals surface area contributed by atoms with Crippen molar-refractivity contribution >= 4 is 5.69 Å². The maximum Gasteiger partial charge on any atom is 0.247 e. The molecule has 5 heteroatoms. The van der Waals surface area contributed by atoms with Gasteiger partial charge in [0.05, 0.1) is 13.7 Å². The van der Waals surface area contributed by atoms with Crippen LogP contribution in [0.4, 0.5) is 5.69 Å². The molecule has 0 aliphatic heterocycles. The molecule has 0 fully saturated rings. The van der Waals surface area contributed by atoms with Gasteiger partial charge in [-0.2, -0.15) is 0 Å². The number of aryl methyl sites for hydroxylation is 1. The predicted molar refractivity (Wildman–Crippen MR) is 84.8 cm³/mol. The number of rotatable bonds is 5. The number of benzene rings is 2. The van der Waals surface area contributed by atoms with Crippen LogP contribution in [0.15, 0.2) is 52.9 Å². The van der Waals surface area contributed by atoms with E-state index >= 15 is 0 Å². The first-order valence-corrected chi connectivity index (χ1v) is 7.02. The Bertz CT molecular complexity index is 751. The van der Waals surface area contributed by atoms with Gasteiger partial charge in [0.2, 0.25) is 11.8 Å². The maximum atomic E-state index is 5.68. The van der Waals surface area contributed by atoms with Crippen LogP contribution >= 0.6 is 0 Å². The zero-order valence-corrected chi connectivity index (χ0v) is 12.5. The third-order valence-electron chi connectivity index (χ3n) is 3.27. The van der Waals surface area contributed by atoms with E-state index in [1.165, 1.54) is 0 Å². The summed E-state index contributed by atoms with van der Waals surface area (Å²) in [6, 6.07) is 15.7. The highest BCUT2D eigenvalue weighted by atomic mass is 16.5. The highest BCUT2D eigenvalue weighted by Crippen LogP contribution is 2.20. The van der Waals surface area contributed by atoms with Gasteiger partial charge in [-0.1, -0.05) is 17.7 Å². The minimum absolute atomic E-state index is 0.477. The quantitative estimate of drug-likeness (QED) is 0.778. The summed E-state index contributed by atoms with van der Waals surface area (Å²) in [5.41, 5.74) is 3.06. The van der Waals surface area contributed by atoms with Gasteiger partial charge in [0.15, 0.2) is 0 Å². The summed E-state index contributed by atoms with van der Waals surface area (Å²) in [5.74, 6) is 1.91. The second kappa shape index (κ2) is 6.30. The summed E-state index contributed by atoms with van der Waals surface area (Å²) in [4.78, 5) is 0. The zero-order chi connectivity index (χ0) is 15.4. The number of hydrogen-bond donors (Lipinski definition) is 1. The fourth-order valence-electron chi connectivity index (χ4n) is 2.11. The first kappa shape index (κ1) is 14.1. The van der Waals surface area contributed by atoms with Crippen molar-refractivity contribution in [3.8, 4) is 17.2 Å². The number of anilines is 1. The fraction of sp³-hybridized carbons (Fsp3) is 0.176. The third-order valence-corrected chi connectivity index (χ3v) is 3.27. The van der Waals surface area contributed by atoms with Crippen molar-refractivity contribution in [2.75, 3.05) is 12.4 Å². The molecule has 5 nitrogen and oxygen atoms in total. The SMILES string of the molecule is COc1ccc(NCc2nnc(-c3cccc(C)c3)o2)cc1. The van der Waals surface area contributed by atoms with Crippen molar-refractivity contribution in [1.29, 1.82) is 0 Å². The summed E-state index contributed by atoms with van der Waals surface area (Å²) >= 11 is 0. The molecule has 0 amide bonds. The molecule has 22 heavy (non-hydrogen) atoms. The standard InChI is InChI=1S/C17H17N3O2/c1-12-4-3-5-13(10-12)17-20-19-16(22-17)11-18-14-6-8-15(21-2)9-7-14/h3-10,18H,11H2,1-2H3. The molecule has 1 aromatic heterocycles. The van der Waals surface area contributed by atoms with Crippen molar-refractivity contribution in [3.05, 3.63) is 60.0 Å². The van der Waals surface area contributed by atoms with Crippen LogP contribution in [0.2, 0.25) is 0 Å². The van der Waals surface area contributed by atoms with Crippen molar-refractivity contribution in [2.24, 2.45) is 0 Å². The molecule has 0 spiro atoms. The fourth-order valence-corrected chi connectivity index (χ4v) is 2.11. The molecule has 0 unspecified atom stereocenters. The van der Waals surface area contributed by atoms with E-state index in [9.17, 15) is 0 Å². The highest BCUT2D eigenvalue weighted by Gasteiger charge is 2.08. The second-order valence-corrected chi connectivity index (χ2v) is 4.95. The van der Waals surface area contributed by atoms with E-state index in [1.807, 2.05) is 55.5 Å². The summed E-state index contributed by atoms with van der Waals surface area (Å²) in [7, 11) is 1.65. The van der Waals surface area contributed by atoms with Crippen LogP contribution in [-0.2, 0) is 6.54 Å². The van der Waals surface area contributed by atoms with E-state index < -0.39 is 0 Å². The molecule has 1 heterocycles. The lowest BCUT2D eigenvalue weighted by atomic mass is 10.1. The molecule has 0 saturated carbocycles. The lowest BCUT2D eigenvalue weighted by molar-refractivity contribution is 0.415. The lowest BCUT2D eigenvalue weighted by Crippen LogP contribution is -1.99. The average molecular weight is 295 g/mol. The summed E-state index contributed by atoms with van der Waals surface area (Å²) in [6.45, 7) is 2.51. The van der Waals surface area contributed by atoms with E-state index in [4.69, 9.17) is 9.15 Å². The van der Waals surface area contributed by atoms with Crippen molar-refractivity contribution in [1.82, 2.24) is 10.2 Å². The Morgan fingerprint density at radius 2 is 1.91 bits per heavy atom. The van der Waals surface area contributed by atoms with Crippen LogP contribution in [0, 0.1) is 6.92 Å². The Balaban J connectivity index is 1.66. The van der Waals surface area contributed by atoms with E-state index in [-0.39, 0.29) is 0 Å². The Morgan fingerprint density at radius 3 is 2.64 bits per heavy atom. The molecule has 0 bridgehead atoms. The van der Waals surface area contributed by atoms with Crippen molar-refractivity contribution in [3.63, 3.8) is 0 Å². The number of ether oxygens (including phenoxy) is 1. The van der Waals surface area contributed by atoms with Crippen LogP contribution in [0.1, 0.15) is 11.5 Å². The molecule has 0 aliphatic rings. The largest absolute Gasteiger partial charge is 0.497 e. The van der Waals surface area contributed by atoms with Gasteiger partial charge in [0, 0.05) is 11.3 Å². The molecule has 112 valence electrons. The van der Waals surface area contributed by atoms with Gasteiger partial charge >= 0.3 is 0 Å². The molecule has 0 saturated heterocycles. The Morgan fingerprint density at radius 1 is 1.09 bits per heavy atom. The topological polar surface area (TPSA) is 60.2 Å². The minimum atomic E-state index is 0.477. The van der Waals surface area contributed by atoms with Gasteiger partial charge in [0.25, 0.3) is 0 Å². The van der Waals surface area contributed by atoms with E-state index in [1.54, 1.807) is 7.11 Å². The first-order valence-electron chi connectivity index (χ1n) is 7.02. The van der Waals surface area contributed by atoms with E-state index in [0.717, 1.165) is 22.6 Å². The molecular formula is C17H17N3O2. The molecule has 1 N–H and O–H groups in total. The summed E-state index contributed by atoms with van der Waals surface area (Å²) in [5, 5.41) is 11.4. The van der Waals surface area contributed by atoms with Gasteiger partial charge < -0.3 is 14.5 Å². The monoisotopic (exact) mass is 295 g/mol. The van der Waals surface area contributed by atoms with Gasteiger partial charge in [-0.25, -0.2) is 0 Å². The molecule has 3 aromatic rings. The van der Waals surface area contributed by atoms with E-state index in [0.29, 0.717) is 18.3 Å². The number of nitrogens with zero attached hydrogens (tertiary/aromatic N) is 2. The number of aromatic nitrogens is 2. The van der Waals surface area contributed by atoms with Crippen LogP contribution < -0.4 is 10.1 Å². The van der Waals surface area contributed by atoms with Crippen LogP contribution in [0.5, 0.6) is 5.75 Å². The maximum absolute atomic E-state index is 5.68. The molecule has 0 radical (unpaired) electrons. The average Bonchev–Trinajstić information content (AvgIpc) is 3.02. The normalized spacial score (nSPS) is 10.5. The Kier molecular flexibility index (Phi) is 4.05. The minimum Gasteiger partial charge on any atom is -0.497 e. The highest BCUT2D eigenvalue weighted by molar-refractivity contribution is 5.53. The third kappa shape index (κ3) is 3.25. The molecule has 0 atom stereocenters. The van der Waals surface area contributed by atoms with Gasteiger partial charge in [0.1, 0.15) is 5.75 Å². The summed E-state index contributed by atoms with van der Waals surface area (Å²) < 4.78 is 10.8. The van der Waals surface area contributed by atoms with E-state index in [2.05, 4.69) is 15.5 Å². The zero-order valence-electron chi connectivity index (χ0n) is 12.5. The van der Waals surface area contributed by atoms with Gasteiger partial charge in [-0.15, -0.1) is 10.2 Å².